The van der Waals surface area contributed by atoms with Crippen LogP contribution in [-0.4, -0.2) is 25.3 Å². The van der Waals surface area contributed by atoms with Gasteiger partial charge in [-0.05, 0) is 26.8 Å². The molecule has 0 fully saturated rings. The maximum atomic E-state index is 11.8. The molecule has 0 aromatic heterocycles. The minimum atomic E-state index is -0.631. The van der Waals surface area contributed by atoms with Crippen LogP contribution in [-0.2, 0) is 14.3 Å². The number of carbonyl (C=O) groups excluding carboxylic acids is 1. The van der Waals surface area contributed by atoms with Crippen molar-refractivity contribution in [2.75, 3.05) is 13.7 Å². The molecule has 0 heterocycles. The highest BCUT2D eigenvalue weighted by Crippen LogP contribution is 2.13. The zero-order valence-corrected chi connectivity index (χ0v) is 10.4. The van der Waals surface area contributed by atoms with Crippen LogP contribution in [0.15, 0.2) is 36.5 Å². The quantitative estimate of drug-likeness (QED) is 0.395. The van der Waals surface area contributed by atoms with Gasteiger partial charge in [-0.2, -0.15) is 0 Å². The Morgan fingerprint density at radius 3 is 2.50 bits per heavy atom. The maximum Gasteiger partial charge on any atom is 0.338 e. The van der Waals surface area contributed by atoms with E-state index in [9.17, 15) is 4.79 Å². The molecule has 3 heteroatoms. The molecule has 0 atom stereocenters. The summed E-state index contributed by atoms with van der Waals surface area (Å²) in [5.41, 5.74) is -0.157. The van der Waals surface area contributed by atoms with Crippen LogP contribution in [0.1, 0.15) is 20.8 Å². The van der Waals surface area contributed by atoms with Gasteiger partial charge in [0.25, 0.3) is 0 Å². The standard InChI is InChI=1S/C13H20O3/c1-6-8-11(9-7-2)12(14)16-13(3,4)10-15-5/h6-9H,1,10H2,2-5H3/b9-7-,11-8+. The molecule has 0 bridgehead atoms. The molecule has 3 nitrogen and oxygen atoms in total. The summed E-state index contributed by atoms with van der Waals surface area (Å²) in [6.07, 6.45) is 6.64. The molecule has 0 saturated heterocycles. The van der Waals surface area contributed by atoms with Crippen molar-refractivity contribution in [2.24, 2.45) is 0 Å². The molecule has 16 heavy (non-hydrogen) atoms. The Labute approximate surface area is 97.4 Å². The van der Waals surface area contributed by atoms with Gasteiger partial charge in [0.2, 0.25) is 0 Å². The maximum absolute atomic E-state index is 11.8. The van der Waals surface area contributed by atoms with Gasteiger partial charge >= 0.3 is 5.97 Å². The highest BCUT2D eigenvalue weighted by Gasteiger charge is 2.23. The lowest BCUT2D eigenvalue weighted by atomic mass is 10.1. The summed E-state index contributed by atoms with van der Waals surface area (Å²) >= 11 is 0. The number of esters is 1. The minimum absolute atomic E-state index is 0.357. The summed E-state index contributed by atoms with van der Waals surface area (Å²) in [7, 11) is 1.57. The molecule has 0 N–H and O–H groups in total. The molecule has 0 radical (unpaired) electrons. The summed E-state index contributed by atoms with van der Waals surface area (Å²) < 4.78 is 10.3. The van der Waals surface area contributed by atoms with E-state index in [0.29, 0.717) is 12.2 Å². The van der Waals surface area contributed by atoms with Crippen LogP contribution in [0.25, 0.3) is 0 Å². The lowest BCUT2D eigenvalue weighted by Crippen LogP contribution is -2.33. The summed E-state index contributed by atoms with van der Waals surface area (Å²) in [4.78, 5) is 11.8. The number of methoxy groups -OCH3 is 1. The molecule has 0 unspecified atom stereocenters. The second-order valence-corrected chi connectivity index (χ2v) is 3.94. The van der Waals surface area contributed by atoms with Crippen molar-refractivity contribution in [3.8, 4) is 0 Å². The molecule has 0 rings (SSSR count). The lowest BCUT2D eigenvalue weighted by Gasteiger charge is -2.24. The van der Waals surface area contributed by atoms with Gasteiger partial charge in [-0.1, -0.05) is 24.8 Å². The predicted octanol–water partition coefficient (Wildman–Crippen LogP) is 2.64. The van der Waals surface area contributed by atoms with Crippen molar-refractivity contribution in [3.05, 3.63) is 36.5 Å². The first-order chi connectivity index (χ1) is 7.46. The van der Waals surface area contributed by atoms with E-state index in [2.05, 4.69) is 6.58 Å². The van der Waals surface area contributed by atoms with E-state index < -0.39 is 5.60 Å². The zero-order valence-electron chi connectivity index (χ0n) is 10.4. The minimum Gasteiger partial charge on any atom is -0.454 e. The highest BCUT2D eigenvalue weighted by molar-refractivity contribution is 5.92. The molecule has 0 saturated carbocycles. The molecule has 0 aliphatic rings. The second-order valence-electron chi connectivity index (χ2n) is 3.94. The number of ether oxygens (including phenoxy) is 2. The first kappa shape index (κ1) is 14.6. The number of hydrogen-bond donors (Lipinski definition) is 0. The van der Waals surface area contributed by atoms with E-state index in [1.165, 1.54) is 0 Å². The van der Waals surface area contributed by atoms with Gasteiger partial charge in [-0.25, -0.2) is 4.79 Å². The number of carbonyl (C=O) groups is 1. The molecular formula is C13H20O3. The van der Waals surface area contributed by atoms with Crippen LogP contribution >= 0.6 is 0 Å². The molecule has 90 valence electrons. The van der Waals surface area contributed by atoms with E-state index in [-0.39, 0.29) is 5.97 Å². The van der Waals surface area contributed by atoms with Gasteiger partial charge in [-0.3, -0.25) is 0 Å². The average molecular weight is 224 g/mol. The first-order valence-corrected chi connectivity index (χ1v) is 5.14. The first-order valence-electron chi connectivity index (χ1n) is 5.14. The summed E-state index contributed by atoms with van der Waals surface area (Å²) in [6.45, 7) is 9.35. The molecule has 0 aliphatic heterocycles. The summed E-state index contributed by atoms with van der Waals surface area (Å²) in [5.74, 6) is -0.375. The van der Waals surface area contributed by atoms with Gasteiger partial charge in [0.15, 0.2) is 0 Å². The van der Waals surface area contributed by atoms with E-state index >= 15 is 0 Å². The Balaban J connectivity index is 4.65. The van der Waals surface area contributed by atoms with Crippen LogP contribution in [0.4, 0.5) is 0 Å². The number of rotatable bonds is 6. The van der Waals surface area contributed by atoms with Crippen LogP contribution in [0, 0.1) is 0 Å². The van der Waals surface area contributed by atoms with Gasteiger partial charge in [0, 0.05) is 7.11 Å². The van der Waals surface area contributed by atoms with Crippen molar-refractivity contribution in [1.29, 1.82) is 0 Å². The van der Waals surface area contributed by atoms with E-state index in [0.717, 1.165) is 0 Å². The number of hydrogen-bond acceptors (Lipinski definition) is 3. The Morgan fingerprint density at radius 2 is 2.06 bits per heavy atom. The SMILES string of the molecule is C=C/C=C(\C=C/C)C(=O)OC(C)(C)COC. The van der Waals surface area contributed by atoms with Crippen molar-refractivity contribution in [3.63, 3.8) is 0 Å². The van der Waals surface area contributed by atoms with Gasteiger partial charge in [-0.15, -0.1) is 0 Å². The van der Waals surface area contributed by atoms with Crippen molar-refractivity contribution < 1.29 is 14.3 Å². The Bertz CT molecular complexity index is 298. The monoisotopic (exact) mass is 224 g/mol. The van der Waals surface area contributed by atoms with E-state index in [1.807, 2.05) is 6.92 Å². The third-order valence-corrected chi connectivity index (χ3v) is 1.74. The van der Waals surface area contributed by atoms with Crippen molar-refractivity contribution in [1.82, 2.24) is 0 Å². The summed E-state index contributed by atoms with van der Waals surface area (Å²) in [5, 5.41) is 0. The Hall–Kier alpha value is -1.35. The van der Waals surface area contributed by atoms with Gasteiger partial charge < -0.3 is 9.47 Å². The van der Waals surface area contributed by atoms with Crippen LogP contribution < -0.4 is 0 Å². The smallest absolute Gasteiger partial charge is 0.338 e. The second kappa shape index (κ2) is 7.01. The van der Waals surface area contributed by atoms with Gasteiger partial charge in [0.05, 0.1) is 12.2 Å². The molecule has 0 spiro atoms. The topological polar surface area (TPSA) is 35.5 Å². The average Bonchev–Trinajstić information content (AvgIpc) is 2.16. The molecule has 0 aliphatic carbocycles. The predicted molar refractivity (Wildman–Crippen MR) is 65.1 cm³/mol. The fourth-order valence-corrected chi connectivity index (χ4v) is 1.19. The van der Waals surface area contributed by atoms with Crippen LogP contribution in [0.3, 0.4) is 0 Å². The third-order valence-electron chi connectivity index (χ3n) is 1.74. The third kappa shape index (κ3) is 5.51. The lowest BCUT2D eigenvalue weighted by molar-refractivity contribution is -0.155. The normalized spacial score (nSPS) is 12.9. The van der Waals surface area contributed by atoms with Crippen molar-refractivity contribution in [2.45, 2.75) is 26.4 Å². The largest absolute Gasteiger partial charge is 0.454 e. The fraction of sp³-hybridized carbons (Fsp3) is 0.462. The molecule has 0 aromatic rings. The van der Waals surface area contributed by atoms with E-state index in [4.69, 9.17) is 9.47 Å². The van der Waals surface area contributed by atoms with Crippen LogP contribution in [0.2, 0.25) is 0 Å². The zero-order chi connectivity index (χ0) is 12.6. The summed E-state index contributed by atoms with van der Waals surface area (Å²) in [6, 6.07) is 0. The Kier molecular flexibility index (Phi) is 6.42. The molecule has 0 amide bonds. The molecular weight excluding hydrogens is 204 g/mol. The van der Waals surface area contributed by atoms with Crippen LogP contribution in [0.5, 0.6) is 0 Å². The van der Waals surface area contributed by atoms with Crippen molar-refractivity contribution >= 4 is 5.97 Å². The molecule has 0 aromatic carbocycles. The number of allylic oxidation sites excluding steroid dienone is 3. The fourth-order valence-electron chi connectivity index (χ4n) is 1.19. The highest BCUT2D eigenvalue weighted by atomic mass is 16.6. The Morgan fingerprint density at radius 1 is 1.44 bits per heavy atom. The van der Waals surface area contributed by atoms with Gasteiger partial charge in [0.1, 0.15) is 5.60 Å². The van der Waals surface area contributed by atoms with E-state index in [1.54, 1.807) is 45.3 Å².